The molecule has 0 aliphatic heterocycles. The van der Waals surface area contributed by atoms with Gasteiger partial charge in [-0.3, -0.25) is 0 Å². The average molecular weight is 224 g/mol. The fourth-order valence-corrected chi connectivity index (χ4v) is 1.83. The summed E-state index contributed by atoms with van der Waals surface area (Å²) in [5.41, 5.74) is 9.59. The van der Waals surface area contributed by atoms with Crippen molar-refractivity contribution < 1.29 is 0 Å². The normalized spacial score (nSPS) is 10.9. The van der Waals surface area contributed by atoms with Crippen LogP contribution in [0.3, 0.4) is 0 Å². The highest BCUT2D eigenvalue weighted by atomic mass is 15.4. The van der Waals surface area contributed by atoms with Crippen LogP contribution in [0.5, 0.6) is 0 Å². The lowest BCUT2D eigenvalue weighted by Gasteiger charge is -2.03. The van der Waals surface area contributed by atoms with Gasteiger partial charge in [0, 0.05) is 6.54 Å². The van der Waals surface area contributed by atoms with Gasteiger partial charge in [0.1, 0.15) is 5.52 Å². The van der Waals surface area contributed by atoms with Gasteiger partial charge in [0.05, 0.1) is 11.2 Å². The molecule has 0 spiro atoms. The van der Waals surface area contributed by atoms with Gasteiger partial charge in [0.2, 0.25) is 0 Å². The van der Waals surface area contributed by atoms with Crippen LogP contribution >= 0.6 is 0 Å². The van der Waals surface area contributed by atoms with E-state index in [1.165, 1.54) is 0 Å². The molecule has 17 heavy (non-hydrogen) atoms. The van der Waals surface area contributed by atoms with Crippen molar-refractivity contribution >= 4 is 11.0 Å². The molecule has 0 saturated carbocycles. The highest BCUT2D eigenvalue weighted by molar-refractivity contribution is 5.75. The summed E-state index contributed by atoms with van der Waals surface area (Å²) in [6.07, 6.45) is 0. The minimum Gasteiger partial charge on any atom is -0.326 e. The third-order valence-corrected chi connectivity index (χ3v) is 2.77. The number of hydrogen-bond acceptors (Lipinski definition) is 3. The molecule has 1 aromatic heterocycles. The molecule has 84 valence electrons. The van der Waals surface area contributed by atoms with Gasteiger partial charge < -0.3 is 5.73 Å². The van der Waals surface area contributed by atoms with Gasteiger partial charge in [-0.05, 0) is 29.8 Å². The van der Waals surface area contributed by atoms with E-state index in [-0.39, 0.29) is 0 Å². The van der Waals surface area contributed by atoms with Crippen molar-refractivity contribution in [2.24, 2.45) is 5.73 Å². The first kappa shape index (κ1) is 9.99. The van der Waals surface area contributed by atoms with Crippen LogP contribution in [0.15, 0.2) is 48.5 Å². The molecule has 0 bridgehead atoms. The van der Waals surface area contributed by atoms with E-state index in [1.807, 2.05) is 53.2 Å². The third kappa shape index (κ3) is 1.68. The molecule has 0 aliphatic carbocycles. The van der Waals surface area contributed by atoms with Crippen LogP contribution in [0, 0.1) is 0 Å². The number of rotatable bonds is 2. The number of para-hydroxylation sites is 1. The molecule has 4 nitrogen and oxygen atoms in total. The van der Waals surface area contributed by atoms with Gasteiger partial charge >= 0.3 is 0 Å². The van der Waals surface area contributed by atoms with E-state index in [9.17, 15) is 0 Å². The smallest absolute Gasteiger partial charge is 0.113 e. The first-order valence-electron chi connectivity index (χ1n) is 5.48. The number of aromatic nitrogens is 3. The van der Waals surface area contributed by atoms with E-state index in [4.69, 9.17) is 5.73 Å². The third-order valence-electron chi connectivity index (χ3n) is 2.77. The summed E-state index contributed by atoms with van der Waals surface area (Å²) in [5.74, 6) is 0. The summed E-state index contributed by atoms with van der Waals surface area (Å²) in [6, 6.07) is 15.9. The Morgan fingerprint density at radius 3 is 2.53 bits per heavy atom. The first-order valence-corrected chi connectivity index (χ1v) is 5.48. The van der Waals surface area contributed by atoms with Gasteiger partial charge in [-0.15, -0.1) is 5.10 Å². The SMILES string of the molecule is NCc1ccc(-n2nnc3ccccc32)cc1. The lowest BCUT2D eigenvalue weighted by Crippen LogP contribution is -1.99. The summed E-state index contributed by atoms with van der Waals surface area (Å²) < 4.78 is 1.83. The van der Waals surface area contributed by atoms with Crippen molar-refractivity contribution in [2.45, 2.75) is 6.54 Å². The first-order chi connectivity index (χ1) is 8.38. The molecule has 0 unspecified atom stereocenters. The van der Waals surface area contributed by atoms with Crippen molar-refractivity contribution in [3.05, 3.63) is 54.1 Å². The Hall–Kier alpha value is -2.20. The molecule has 1 heterocycles. The molecule has 0 fully saturated rings. The zero-order chi connectivity index (χ0) is 11.7. The number of nitrogens with zero attached hydrogens (tertiary/aromatic N) is 3. The van der Waals surface area contributed by atoms with Crippen LogP contribution < -0.4 is 5.73 Å². The zero-order valence-corrected chi connectivity index (χ0v) is 9.24. The summed E-state index contributed by atoms with van der Waals surface area (Å²) in [5, 5.41) is 8.28. The summed E-state index contributed by atoms with van der Waals surface area (Å²) in [6.45, 7) is 0.554. The van der Waals surface area contributed by atoms with E-state index in [0.717, 1.165) is 22.3 Å². The van der Waals surface area contributed by atoms with Crippen molar-refractivity contribution in [1.82, 2.24) is 15.0 Å². The van der Waals surface area contributed by atoms with E-state index >= 15 is 0 Å². The second kappa shape index (κ2) is 3.99. The van der Waals surface area contributed by atoms with Gasteiger partial charge in [-0.2, -0.15) is 0 Å². The second-order valence-electron chi connectivity index (χ2n) is 3.86. The topological polar surface area (TPSA) is 56.7 Å². The fraction of sp³-hybridized carbons (Fsp3) is 0.0769. The van der Waals surface area contributed by atoms with E-state index in [2.05, 4.69) is 10.3 Å². The Bertz CT molecular complexity index is 640. The molecule has 0 amide bonds. The molecule has 0 atom stereocenters. The molecule has 4 heteroatoms. The Morgan fingerprint density at radius 2 is 1.76 bits per heavy atom. The minimum absolute atomic E-state index is 0.554. The van der Waals surface area contributed by atoms with Crippen LogP contribution in [-0.2, 0) is 6.54 Å². The molecule has 0 saturated heterocycles. The summed E-state index contributed by atoms with van der Waals surface area (Å²) >= 11 is 0. The van der Waals surface area contributed by atoms with Gasteiger partial charge in [0.25, 0.3) is 0 Å². The molecular weight excluding hydrogens is 212 g/mol. The predicted molar refractivity (Wildman–Crippen MR) is 66.8 cm³/mol. The Kier molecular flexibility index (Phi) is 2.34. The molecule has 2 aromatic carbocycles. The maximum atomic E-state index is 5.57. The Morgan fingerprint density at radius 1 is 1.00 bits per heavy atom. The maximum absolute atomic E-state index is 5.57. The minimum atomic E-state index is 0.554. The van der Waals surface area contributed by atoms with Crippen molar-refractivity contribution in [3.8, 4) is 5.69 Å². The second-order valence-corrected chi connectivity index (χ2v) is 3.86. The zero-order valence-electron chi connectivity index (χ0n) is 9.24. The molecule has 2 N–H and O–H groups in total. The van der Waals surface area contributed by atoms with Crippen molar-refractivity contribution in [3.63, 3.8) is 0 Å². The van der Waals surface area contributed by atoms with Gasteiger partial charge in [-0.25, -0.2) is 4.68 Å². The number of fused-ring (bicyclic) bond motifs is 1. The van der Waals surface area contributed by atoms with Gasteiger partial charge in [-0.1, -0.05) is 29.5 Å². The number of benzene rings is 2. The average Bonchev–Trinajstić information content (AvgIpc) is 2.83. The van der Waals surface area contributed by atoms with Crippen LogP contribution in [0.2, 0.25) is 0 Å². The fourth-order valence-electron chi connectivity index (χ4n) is 1.83. The Balaban J connectivity index is 2.13. The van der Waals surface area contributed by atoms with Crippen LogP contribution in [0.4, 0.5) is 0 Å². The monoisotopic (exact) mass is 224 g/mol. The standard InChI is InChI=1S/C13H12N4/c14-9-10-5-7-11(8-6-10)17-13-4-2-1-3-12(13)15-16-17/h1-8H,9,14H2. The van der Waals surface area contributed by atoms with Crippen molar-refractivity contribution in [2.75, 3.05) is 0 Å². The molecule has 3 rings (SSSR count). The van der Waals surface area contributed by atoms with Crippen molar-refractivity contribution in [1.29, 1.82) is 0 Å². The Labute approximate surface area is 98.7 Å². The van der Waals surface area contributed by atoms with Crippen LogP contribution in [0.25, 0.3) is 16.7 Å². The van der Waals surface area contributed by atoms with Crippen LogP contribution in [0.1, 0.15) is 5.56 Å². The highest BCUT2D eigenvalue weighted by Gasteiger charge is 2.04. The lowest BCUT2D eigenvalue weighted by atomic mass is 10.2. The predicted octanol–water partition coefficient (Wildman–Crippen LogP) is 1.88. The number of hydrogen-bond donors (Lipinski definition) is 1. The molecule has 3 aromatic rings. The lowest BCUT2D eigenvalue weighted by molar-refractivity contribution is 0.823. The molecule has 0 aliphatic rings. The maximum Gasteiger partial charge on any atom is 0.113 e. The van der Waals surface area contributed by atoms with E-state index in [1.54, 1.807) is 0 Å². The quantitative estimate of drug-likeness (QED) is 0.723. The summed E-state index contributed by atoms with van der Waals surface area (Å²) in [4.78, 5) is 0. The number of nitrogens with two attached hydrogens (primary N) is 1. The highest BCUT2D eigenvalue weighted by Crippen LogP contribution is 2.16. The molecule has 0 radical (unpaired) electrons. The largest absolute Gasteiger partial charge is 0.326 e. The summed E-state index contributed by atoms with van der Waals surface area (Å²) in [7, 11) is 0. The molecular formula is C13H12N4. The van der Waals surface area contributed by atoms with Gasteiger partial charge in [0.15, 0.2) is 0 Å². The van der Waals surface area contributed by atoms with E-state index < -0.39 is 0 Å². The van der Waals surface area contributed by atoms with E-state index in [0.29, 0.717) is 6.54 Å². The van der Waals surface area contributed by atoms with Crippen LogP contribution in [-0.4, -0.2) is 15.0 Å².